The molecule has 1 N–H and O–H groups in total. The van der Waals surface area contributed by atoms with E-state index in [1.54, 1.807) is 11.5 Å². The van der Waals surface area contributed by atoms with Gasteiger partial charge in [-0.05, 0) is 76.6 Å². The number of imidazole rings is 1. The zero-order valence-electron chi connectivity index (χ0n) is 21.1. The first-order valence-corrected chi connectivity index (χ1v) is 11.9. The highest BCUT2D eigenvalue weighted by molar-refractivity contribution is 5.93. The van der Waals surface area contributed by atoms with Gasteiger partial charge in [0.25, 0.3) is 0 Å². The largest absolute Gasteiger partial charge is 0.372 e. The Kier molecular flexibility index (Phi) is 6.77. The molecule has 0 bridgehead atoms. The Morgan fingerprint density at radius 3 is 2.43 bits per heavy atom. The molecule has 35 heavy (non-hydrogen) atoms. The summed E-state index contributed by atoms with van der Waals surface area (Å²) >= 11 is 0. The molecule has 0 aliphatic heterocycles. The molecule has 0 saturated heterocycles. The van der Waals surface area contributed by atoms with E-state index in [0.29, 0.717) is 22.8 Å². The first kappa shape index (κ1) is 24.3. The molecule has 9 nitrogen and oxygen atoms in total. The summed E-state index contributed by atoms with van der Waals surface area (Å²) < 4.78 is 8.30. The van der Waals surface area contributed by atoms with E-state index >= 15 is 0 Å². The highest BCUT2D eigenvalue weighted by Gasteiger charge is 2.19. The number of hydrogen-bond acceptors (Lipinski definition) is 6. The Morgan fingerprint density at radius 2 is 1.83 bits per heavy atom. The number of aromatic nitrogens is 4. The van der Waals surface area contributed by atoms with Gasteiger partial charge in [0.2, 0.25) is 17.6 Å². The van der Waals surface area contributed by atoms with Crippen LogP contribution in [-0.2, 0) is 11.3 Å². The van der Waals surface area contributed by atoms with E-state index in [4.69, 9.17) is 4.52 Å². The number of benzene rings is 2. The van der Waals surface area contributed by atoms with Crippen LogP contribution < -0.4 is 15.9 Å². The number of rotatable bonds is 8. The van der Waals surface area contributed by atoms with Crippen LogP contribution in [0.25, 0.3) is 22.4 Å². The third kappa shape index (κ3) is 4.71. The average molecular weight is 477 g/mol. The molecule has 184 valence electrons. The number of carbonyl (C=O) groups excluding carboxylic acids is 1. The minimum atomic E-state index is -0.269. The third-order valence-corrected chi connectivity index (χ3v) is 6.18. The predicted molar refractivity (Wildman–Crippen MR) is 138 cm³/mol. The van der Waals surface area contributed by atoms with Crippen molar-refractivity contribution in [3.63, 3.8) is 0 Å². The summed E-state index contributed by atoms with van der Waals surface area (Å²) in [7, 11) is 0. The molecule has 9 heteroatoms. The maximum atomic E-state index is 13.3. The van der Waals surface area contributed by atoms with Crippen LogP contribution >= 0.6 is 0 Å². The molecule has 2 heterocycles. The summed E-state index contributed by atoms with van der Waals surface area (Å²) in [5.41, 5.74) is 4.69. The zero-order chi connectivity index (χ0) is 25.3. The summed E-state index contributed by atoms with van der Waals surface area (Å²) in [5, 5.41) is 6.96. The van der Waals surface area contributed by atoms with E-state index in [-0.39, 0.29) is 24.2 Å². The second-order valence-corrected chi connectivity index (χ2v) is 8.89. The van der Waals surface area contributed by atoms with Crippen molar-refractivity contribution in [2.45, 2.75) is 54.1 Å². The van der Waals surface area contributed by atoms with Gasteiger partial charge in [0.15, 0.2) is 0 Å². The van der Waals surface area contributed by atoms with Crippen molar-refractivity contribution in [3.8, 4) is 11.4 Å². The average Bonchev–Trinajstić information content (AvgIpc) is 3.37. The van der Waals surface area contributed by atoms with Crippen molar-refractivity contribution in [2.75, 3.05) is 23.3 Å². The lowest BCUT2D eigenvalue weighted by Gasteiger charge is -2.22. The number of hydrogen-bond donors (Lipinski definition) is 1. The molecule has 0 aliphatic rings. The number of amides is 1. The Hall–Kier alpha value is -3.88. The standard InChI is InChI=1S/C26H32N6O3/c1-7-30(8-2)20-10-11-21(17(5)13-20)28-24(33)15-31-23-14-19(25-27-18(6)35-29-25)9-12-22(23)32(16(3)4)26(31)34/h9-14,16H,7-8,15H2,1-6H3,(H,28,33). The monoisotopic (exact) mass is 476 g/mol. The van der Waals surface area contributed by atoms with Crippen molar-refractivity contribution in [3.05, 3.63) is 58.3 Å². The van der Waals surface area contributed by atoms with Crippen LogP contribution in [0.5, 0.6) is 0 Å². The second-order valence-electron chi connectivity index (χ2n) is 8.89. The van der Waals surface area contributed by atoms with Gasteiger partial charge in [-0.2, -0.15) is 4.98 Å². The van der Waals surface area contributed by atoms with Gasteiger partial charge in [-0.15, -0.1) is 0 Å². The molecule has 2 aromatic carbocycles. The van der Waals surface area contributed by atoms with Crippen molar-refractivity contribution in [1.29, 1.82) is 0 Å². The van der Waals surface area contributed by atoms with Gasteiger partial charge in [-0.25, -0.2) is 4.79 Å². The summed E-state index contributed by atoms with van der Waals surface area (Å²) in [5.74, 6) is 0.627. The zero-order valence-corrected chi connectivity index (χ0v) is 21.1. The number of carbonyl (C=O) groups is 1. The van der Waals surface area contributed by atoms with E-state index in [2.05, 4.69) is 40.3 Å². The van der Waals surface area contributed by atoms with Crippen molar-refractivity contribution in [2.24, 2.45) is 0 Å². The molecule has 1 amide bonds. The minimum absolute atomic E-state index is 0.0672. The quantitative estimate of drug-likeness (QED) is 0.401. The molecule has 0 saturated carbocycles. The Bertz CT molecular complexity index is 1420. The normalized spacial score (nSPS) is 11.4. The Morgan fingerprint density at radius 1 is 1.09 bits per heavy atom. The van der Waals surface area contributed by atoms with E-state index < -0.39 is 0 Å². The summed E-state index contributed by atoms with van der Waals surface area (Å²) in [4.78, 5) is 32.9. The molecular formula is C26H32N6O3. The second kappa shape index (κ2) is 9.77. The summed E-state index contributed by atoms with van der Waals surface area (Å²) in [6.45, 7) is 13.5. The van der Waals surface area contributed by atoms with Gasteiger partial charge in [-0.3, -0.25) is 13.9 Å². The third-order valence-electron chi connectivity index (χ3n) is 6.18. The lowest BCUT2D eigenvalue weighted by molar-refractivity contribution is -0.116. The van der Waals surface area contributed by atoms with Crippen LogP contribution in [0, 0.1) is 13.8 Å². The SMILES string of the molecule is CCN(CC)c1ccc(NC(=O)Cn2c(=O)n(C(C)C)c3ccc(-c4noc(C)n4)cc32)c(C)c1. The maximum Gasteiger partial charge on any atom is 0.329 e. The Labute approximate surface area is 204 Å². The predicted octanol–water partition coefficient (Wildman–Crippen LogP) is 4.54. The molecule has 0 fully saturated rings. The first-order valence-electron chi connectivity index (χ1n) is 11.9. The van der Waals surface area contributed by atoms with Crippen LogP contribution in [0.3, 0.4) is 0 Å². The Balaban J connectivity index is 1.67. The van der Waals surface area contributed by atoms with Gasteiger partial charge in [0.05, 0.1) is 11.0 Å². The fraction of sp³-hybridized carbons (Fsp3) is 0.385. The number of anilines is 2. The smallest absolute Gasteiger partial charge is 0.329 e. The van der Waals surface area contributed by atoms with E-state index in [1.807, 2.05) is 51.1 Å². The number of aryl methyl sites for hydroxylation is 2. The lowest BCUT2D eigenvalue weighted by atomic mass is 10.1. The number of fused-ring (bicyclic) bond motifs is 1. The summed E-state index contributed by atoms with van der Waals surface area (Å²) in [6.07, 6.45) is 0. The highest BCUT2D eigenvalue weighted by atomic mass is 16.5. The van der Waals surface area contributed by atoms with Crippen molar-refractivity contribution >= 4 is 28.3 Å². The van der Waals surface area contributed by atoms with Gasteiger partial charge in [0.1, 0.15) is 6.54 Å². The summed E-state index contributed by atoms with van der Waals surface area (Å²) in [6, 6.07) is 11.5. The molecule has 0 radical (unpaired) electrons. The van der Waals surface area contributed by atoms with Crippen LogP contribution in [0.15, 0.2) is 45.7 Å². The van der Waals surface area contributed by atoms with E-state index in [1.165, 1.54) is 4.57 Å². The highest BCUT2D eigenvalue weighted by Crippen LogP contribution is 2.25. The fourth-order valence-electron chi connectivity index (χ4n) is 4.39. The molecular weight excluding hydrogens is 444 g/mol. The molecule has 4 aromatic rings. The van der Waals surface area contributed by atoms with E-state index in [9.17, 15) is 9.59 Å². The molecule has 4 rings (SSSR count). The van der Waals surface area contributed by atoms with Gasteiger partial charge >= 0.3 is 5.69 Å². The molecule has 0 spiro atoms. The van der Waals surface area contributed by atoms with Crippen molar-refractivity contribution in [1.82, 2.24) is 19.3 Å². The van der Waals surface area contributed by atoms with Gasteiger partial charge in [-0.1, -0.05) is 5.16 Å². The van der Waals surface area contributed by atoms with Gasteiger partial charge < -0.3 is 14.7 Å². The topological polar surface area (TPSA) is 98.2 Å². The molecule has 0 aliphatic carbocycles. The van der Waals surface area contributed by atoms with Crippen LogP contribution in [0.4, 0.5) is 11.4 Å². The molecule has 0 atom stereocenters. The van der Waals surface area contributed by atoms with Crippen molar-refractivity contribution < 1.29 is 9.32 Å². The minimum Gasteiger partial charge on any atom is -0.372 e. The van der Waals surface area contributed by atoms with Gasteiger partial charge in [0, 0.05) is 43.0 Å². The fourth-order valence-corrected chi connectivity index (χ4v) is 4.39. The number of nitrogens with one attached hydrogen (secondary N) is 1. The molecule has 2 aromatic heterocycles. The van der Waals surface area contributed by atoms with E-state index in [0.717, 1.165) is 35.5 Å². The number of nitrogens with zero attached hydrogens (tertiary/aromatic N) is 5. The van der Waals surface area contributed by atoms with Crippen LogP contribution in [0.1, 0.15) is 45.2 Å². The first-order chi connectivity index (χ1) is 16.7. The lowest BCUT2D eigenvalue weighted by Crippen LogP contribution is -2.30. The van der Waals surface area contributed by atoms with Crippen LogP contribution in [-0.4, -0.2) is 38.3 Å². The maximum absolute atomic E-state index is 13.3. The van der Waals surface area contributed by atoms with Crippen LogP contribution in [0.2, 0.25) is 0 Å². The molecule has 0 unspecified atom stereocenters.